The second-order valence-corrected chi connectivity index (χ2v) is 29.5. The van der Waals surface area contributed by atoms with Gasteiger partial charge in [-0.15, -0.1) is 0 Å². The van der Waals surface area contributed by atoms with Gasteiger partial charge in [0, 0.05) is 36.3 Å². The number of rotatable bonds is 23. The molecule has 19 nitrogen and oxygen atoms in total. The zero-order chi connectivity index (χ0) is 62.1. The average Bonchev–Trinajstić information content (AvgIpc) is 1.57. The SMILES string of the molecule is CCOP(=O)(COc1c2c(c(O)c3ncccc13)C(=O)N(Cc1ccc(F)cc1)C2O)OCC.CCOP(=O)(COc1c2c(c(O[Si](C(C)C)(C(C)C)C(C)C)c3ncccc13)C(=O)N(Cc1ccc(F)cc1)C2O)OCC.O=CC(F)(F)F. The van der Waals surface area contributed by atoms with Crippen LogP contribution in [-0.4, -0.2) is 107 Å². The van der Waals surface area contributed by atoms with Gasteiger partial charge in [0.05, 0.1) is 48.7 Å². The van der Waals surface area contributed by atoms with Crippen LogP contribution in [-0.2, 0) is 45.1 Å². The maximum Gasteiger partial charge on any atom is 0.446 e. The fourth-order valence-corrected chi connectivity index (χ4v) is 18.3. The van der Waals surface area contributed by atoms with Crippen molar-refractivity contribution in [1.82, 2.24) is 19.8 Å². The summed E-state index contributed by atoms with van der Waals surface area (Å²) in [7, 11) is -9.92. The molecule has 0 saturated heterocycles. The van der Waals surface area contributed by atoms with Crippen LogP contribution in [0.1, 0.15) is 125 Å². The molecule has 2 aliphatic rings. The van der Waals surface area contributed by atoms with E-state index in [9.17, 15) is 56.0 Å². The second-order valence-electron chi connectivity index (χ2n) is 20.1. The number of alkyl halides is 3. The van der Waals surface area contributed by atoms with E-state index >= 15 is 0 Å². The minimum atomic E-state index is -4.64. The van der Waals surface area contributed by atoms with Crippen LogP contribution in [0.4, 0.5) is 22.0 Å². The van der Waals surface area contributed by atoms with Crippen LogP contribution in [0.25, 0.3) is 21.8 Å². The van der Waals surface area contributed by atoms with Gasteiger partial charge in [-0.2, -0.15) is 13.2 Å². The number of carbonyl (C=O) groups is 3. The van der Waals surface area contributed by atoms with Crippen molar-refractivity contribution in [2.45, 2.75) is 118 Å². The lowest BCUT2D eigenvalue weighted by molar-refractivity contribution is -0.156. The molecule has 2 aromatic heterocycles. The van der Waals surface area contributed by atoms with Crippen molar-refractivity contribution in [1.29, 1.82) is 0 Å². The predicted octanol–water partition coefficient (Wildman–Crippen LogP) is 13.3. The van der Waals surface area contributed by atoms with E-state index in [0.29, 0.717) is 33.2 Å². The Morgan fingerprint density at radius 1 is 0.607 bits per heavy atom. The molecule has 8 rings (SSSR count). The number of aromatic hydroxyl groups is 1. The van der Waals surface area contributed by atoms with Crippen molar-refractivity contribution in [3.8, 4) is 23.0 Å². The van der Waals surface area contributed by atoms with E-state index in [4.69, 9.17) is 36.8 Å². The number of halogens is 5. The molecule has 4 aromatic carbocycles. The summed E-state index contributed by atoms with van der Waals surface area (Å²) in [5, 5.41) is 34.6. The van der Waals surface area contributed by atoms with Crippen LogP contribution < -0.4 is 13.9 Å². The molecule has 0 saturated carbocycles. The number of hydrogen-bond donors (Lipinski definition) is 3. The molecule has 0 bridgehead atoms. The Labute approximate surface area is 484 Å². The van der Waals surface area contributed by atoms with Crippen molar-refractivity contribution in [2.24, 2.45) is 0 Å². The van der Waals surface area contributed by atoms with Crippen LogP contribution in [0.15, 0.2) is 85.2 Å². The number of aldehydes is 1. The van der Waals surface area contributed by atoms with Crippen LogP contribution >= 0.6 is 15.2 Å². The largest absolute Gasteiger partial charge is 0.541 e. The summed E-state index contributed by atoms with van der Waals surface area (Å²) in [6, 6.07) is 18.0. The van der Waals surface area contributed by atoms with Crippen LogP contribution in [0.3, 0.4) is 0 Å². The number of amides is 2. The molecule has 84 heavy (non-hydrogen) atoms. The van der Waals surface area contributed by atoms with Crippen LogP contribution in [0, 0.1) is 11.6 Å². The quantitative estimate of drug-likeness (QED) is 0.0234. The standard InChI is InChI=1S/C32H44FN2O7PSi.C23H24FN2O7P.C2HF3O/c1-9-40-43(38,41-10-2)19-39-29-25-12-11-17-34-28(25)30(42-44(20(3)4,21(5)6)22(7)8)27-26(29)31(36)35(32(27)37)18-23-13-15-24(33)16-14-23;1-3-32-34(30,33-4-2)13-31-21-16-6-5-11-25-19(16)20(27)17-18(21)23(29)26(22(17)28)12-14-7-9-15(24)10-8-14;3-2(4,5)1-6/h11-17,20-22,31,36H,9-10,18-19H2,1-8H3;5-11,23,27,29H,3-4,12-13H2,1-2H3;1H. The Morgan fingerprint density at radius 3 is 1.33 bits per heavy atom. The smallest absolute Gasteiger partial charge is 0.446 e. The number of nitrogens with zero attached hydrogens (tertiary/aromatic N) is 4. The normalized spacial score (nSPS) is 15.3. The maximum atomic E-state index is 14.3. The monoisotopic (exact) mass is 1230 g/mol. The summed E-state index contributed by atoms with van der Waals surface area (Å²) in [5.74, 6) is -1.85. The number of benzene rings is 4. The number of aliphatic hydroxyl groups excluding tert-OH is 2. The number of ether oxygens (including phenoxy) is 2. The first-order valence-electron chi connectivity index (χ1n) is 27.0. The zero-order valence-corrected chi connectivity index (χ0v) is 50.8. The Kier molecular flexibility index (Phi) is 22.4. The summed E-state index contributed by atoms with van der Waals surface area (Å²) >= 11 is 0. The van der Waals surface area contributed by atoms with Gasteiger partial charge in [-0.05, 0) is 104 Å². The summed E-state index contributed by atoms with van der Waals surface area (Å²) in [5.41, 5.74) is 2.47. The zero-order valence-electron chi connectivity index (χ0n) is 48.0. The molecule has 0 spiro atoms. The molecule has 2 amide bonds. The van der Waals surface area contributed by atoms with Gasteiger partial charge in [-0.1, -0.05) is 65.8 Å². The first-order chi connectivity index (χ1) is 39.7. The van der Waals surface area contributed by atoms with E-state index in [1.54, 1.807) is 70.3 Å². The Morgan fingerprint density at radius 2 is 0.964 bits per heavy atom. The fourth-order valence-electron chi connectivity index (χ4n) is 10.4. The molecule has 3 N–H and O–H groups in total. The molecule has 4 heterocycles. The lowest BCUT2D eigenvalue weighted by atomic mass is 10.0. The van der Waals surface area contributed by atoms with Crippen LogP contribution in [0.5, 0.6) is 23.0 Å². The highest BCUT2D eigenvalue weighted by molar-refractivity contribution is 7.53. The van der Waals surface area contributed by atoms with Gasteiger partial charge in [-0.3, -0.25) is 33.5 Å². The molecule has 456 valence electrons. The summed E-state index contributed by atoms with van der Waals surface area (Å²) in [6.45, 7) is 20.1. The first-order valence-corrected chi connectivity index (χ1v) is 32.5. The van der Waals surface area contributed by atoms with Crippen molar-refractivity contribution in [2.75, 3.05) is 39.1 Å². The van der Waals surface area contributed by atoms with Gasteiger partial charge in [0.15, 0.2) is 30.9 Å². The van der Waals surface area contributed by atoms with E-state index in [-0.39, 0.29) is 95.4 Å². The number of phenolic OH excluding ortho intramolecular Hbond substituents is 1. The van der Waals surface area contributed by atoms with E-state index in [1.165, 1.54) is 47.5 Å². The third-order valence-electron chi connectivity index (χ3n) is 13.8. The van der Waals surface area contributed by atoms with Crippen molar-refractivity contribution >= 4 is 63.4 Å². The van der Waals surface area contributed by atoms with Crippen molar-refractivity contribution in [3.05, 3.63) is 130 Å². The van der Waals surface area contributed by atoms with Gasteiger partial charge in [0.1, 0.15) is 39.9 Å². The minimum Gasteiger partial charge on any atom is -0.541 e. The lowest BCUT2D eigenvalue weighted by Gasteiger charge is -2.42. The van der Waals surface area contributed by atoms with Crippen molar-refractivity contribution in [3.63, 3.8) is 0 Å². The van der Waals surface area contributed by atoms with Gasteiger partial charge in [0.25, 0.3) is 20.1 Å². The number of phenols is 1. The van der Waals surface area contributed by atoms with Gasteiger partial charge in [0.2, 0.25) is 6.29 Å². The lowest BCUT2D eigenvalue weighted by Crippen LogP contribution is -2.51. The number of carbonyl (C=O) groups excluding carboxylic acids is 3. The Balaban J connectivity index is 0.000000252. The van der Waals surface area contributed by atoms with E-state index in [0.717, 1.165) is 4.90 Å². The molecule has 0 aliphatic carbocycles. The van der Waals surface area contributed by atoms with Crippen molar-refractivity contribution < 1.29 is 92.8 Å². The van der Waals surface area contributed by atoms with E-state index in [1.807, 2.05) is 0 Å². The molecular weight excluding hydrogens is 1170 g/mol. The Hall–Kier alpha value is -6.40. The maximum absolute atomic E-state index is 14.3. The molecule has 2 unspecified atom stereocenters. The molecule has 27 heteroatoms. The van der Waals surface area contributed by atoms with Crippen LogP contribution in [0.2, 0.25) is 16.6 Å². The average molecular weight is 1240 g/mol. The summed E-state index contributed by atoms with van der Waals surface area (Å²) < 4.78 is 125. The third kappa shape index (κ3) is 14.6. The minimum absolute atomic E-state index is 0.00904. The highest BCUT2D eigenvalue weighted by atomic mass is 31.2. The predicted molar refractivity (Wildman–Crippen MR) is 304 cm³/mol. The number of aromatic nitrogens is 2. The molecule has 6 aromatic rings. The molecule has 0 radical (unpaired) electrons. The highest BCUT2D eigenvalue weighted by Crippen LogP contribution is 2.56. The number of hydrogen-bond acceptors (Lipinski definition) is 17. The number of fused-ring (bicyclic) bond motifs is 4. The van der Waals surface area contributed by atoms with E-state index < -0.39 is 90.3 Å². The second kappa shape index (κ2) is 28.2. The Bertz CT molecular complexity index is 3360. The number of aliphatic hydroxyl groups is 2. The topological polar surface area (TPSA) is 243 Å². The van der Waals surface area contributed by atoms with Gasteiger partial charge >= 0.3 is 21.4 Å². The fraction of sp³-hybridized carbons (Fsp3) is 0.421. The summed E-state index contributed by atoms with van der Waals surface area (Å²) in [4.78, 5) is 47.5. The molecular formula is C57H69F5N4O15P2Si. The van der Waals surface area contributed by atoms with Gasteiger partial charge in [-0.25, -0.2) is 8.78 Å². The molecule has 2 atom stereocenters. The summed E-state index contributed by atoms with van der Waals surface area (Å²) in [6.07, 6.45) is -6.48. The highest BCUT2D eigenvalue weighted by Gasteiger charge is 2.51. The number of pyridine rings is 2. The molecule has 2 aliphatic heterocycles. The van der Waals surface area contributed by atoms with E-state index in [2.05, 4.69) is 51.5 Å². The van der Waals surface area contributed by atoms with Gasteiger partial charge < -0.3 is 57.1 Å². The molecule has 0 fully saturated rings. The third-order valence-corrected chi connectivity index (χ3v) is 23.3. The first kappa shape index (κ1) is 66.7.